The highest BCUT2D eigenvalue weighted by Gasteiger charge is 2.15. The van der Waals surface area contributed by atoms with Gasteiger partial charge in [0.05, 0.1) is 0 Å². The molecule has 7 heteroatoms. The van der Waals surface area contributed by atoms with Crippen LogP contribution in [-0.2, 0) is 6.54 Å². The smallest absolute Gasteiger partial charge is 0.231 e. The molecule has 0 fully saturated rings. The average molecular weight is 364 g/mol. The van der Waals surface area contributed by atoms with Crippen LogP contribution in [0.25, 0.3) is 17.0 Å². The summed E-state index contributed by atoms with van der Waals surface area (Å²) >= 11 is 1.58. The van der Waals surface area contributed by atoms with Gasteiger partial charge in [-0.15, -0.1) is 11.3 Å². The number of aromatic nitrogens is 3. The summed E-state index contributed by atoms with van der Waals surface area (Å²) in [5.41, 5.74) is 4.96. The molecule has 130 valence electrons. The largest absolute Gasteiger partial charge is 0.454 e. The van der Waals surface area contributed by atoms with Crippen LogP contribution in [0.2, 0.25) is 0 Å². The number of thiazole rings is 1. The number of aryl methyl sites for hydroxylation is 1. The summed E-state index contributed by atoms with van der Waals surface area (Å²) < 4.78 is 12.8. The standard InChI is InChI=1S/C19H16N4O2S/c1-12-18(22-17-4-2-3-7-23(12)17)14-10-26-19(21-14)20-9-13-5-6-15-16(8-13)25-11-24-15/h2-8,10H,9,11H2,1H3,(H,20,21). The zero-order valence-electron chi connectivity index (χ0n) is 14.1. The van der Waals surface area contributed by atoms with Crippen molar-refractivity contribution < 1.29 is 9.47 Å². The van der Waals surface area contributed by atoms with Crippen LogP contribution in [0.4, 0.5) is 5.13 Å². The third-order valence-corrected chi connectivity index (χ3v) is 5.20. The summed E-state index contributed by atoms with van der Waals surface area (Å²) in [6.07, 6.45) is 2.02. The maximum absolute atomic E-state index is 5.42. The molecule has 1 aromatic carbocycles. The molecule has 4 aromatic rings. The summed E-state index contributed by atoms with van der Waals surface area (Å²) in [6.45, 7) is 3.03. The minimum Gasteiger partial charge on any atom is -0.454 e. The number of nitrogens with zero attached hydrogens (tertiary/aromatic N) is 3. The zero-order chi connectivity index (χ0) is 17.5. The zero-order valence-corrected chi connectivity index (χ0v) is 14.9. The number of imidazole rings is 1. The van der Waals surface area contributed by atoms with Crippen molar-refractivity contribution in [1.29, 1.82) is 0 Å². The van der Waals surface area contributed by atoms with E-state index in [1.807, 2.05) is 48.0 Å². The average Bonchev–Trinajstić information content (AvgIpc) is 3.38. The Labute approximate surface area is 154 Å². The number of benzene rings is 1. The van der Waals surface area contributed by atoms with Gasteiger partial charge in [0, 0.05) is 23.8 Å². The van der Waals surface area contributed by atoms with Crippen molar-refractivity contribution in [1.82, 2.24) is 14.4 Å². The molecular weight excluding hydrogens is 348 g/mol. The lowest BCUT2D eigenvalue weighted by Gasteiger charge is -2.04. The molecule has 0 unspecified atom stereocenters. The van der Waals surface area contributed by atoms with E-state index in [4.69, 9.17) is 19.4 Å². The third kappa shape index (κ3) is 2.57. The van der Waals surface area contributed by atoms with Crippen molar-refractivity contribution in [2.75, 3.05) is 12.1 Å². The minimum atomic E-state index is 0.292. The Morgan fingerprint density at radius 1 is 1.15 bits per heavy atom. The molecule has 0 saturated carbocycles. The van der Waals surface area contributed by atoms with Gasteiger partial charge in [0.1, 0.15) is 17.0 Å². The predicted octanol–water partition coefficient (Wildman–Crippen LogP) is 4.11. The van der Waals surface area contributed by atoms with Gasteiger partial charge >= 0.3 is 0 Å². The highest BCUT2D eigenvalue weighted by molar-refractivity contribution is 7.14. The maximum atomic E-state index is 5.42. The van der Waals surface area contributed by atoms with Gasteiger partial charge in [-0.05, 0) is 36.8 Å². The predicted molar refractivity (Wildman–Crippen MR) is 101 cm³/mol. The van der Waals surface area contributed by atoms with Gasteiger partial charge in [0.2, 0.25) is 6.79 Å². The van der Waals surface area contributed by atoms with Gasteiger partial charge in [0.25, 0.3) is 0 Å². The molecule has 0 atom stereocenters. The topological polar surface area (TPSA) is 60.7 Å². The second-order valence-electron chi connectivity index (χ2n) is 6.05. The van der Waals surface area contributed by atoms with Crippen LogP contribution in [-0.4, -0.2) is 21.2 Å². The van der Waals surface area contributed by atoms with E-state index < -0.39 is 0 Å². The molecule has 0 radical (unpaired) electrons. The first-order chi connectivity index (χ1) is 12.8. The number of fused-ring (bicyclic) bond motifs is 2. The fraction of sp³-hybridized carbons (Fsp3) is 0.158. The van der Waals surface area contributed by atoms with Gasteiger partial charge in [-0.1, -0.05) is 12.1 Å². The number of hydrogen-bond acceptors (Lipinski definition) is 6. The fourth-order valence-corrected chi connectivity index (χ4v) is 3.75. The number of rotatable bonds is 4. The third-order valence-electron chi connectivity index (χ3n) is 4.40. The Morgan fingerprint density at radius 2 is 2.08 bits per heavy atom. The summed E-state index contributed by atoms with van der Waals surface area (Å²) in [5.74, 6) is 1.59. The molecule has 4 heterocycles. The number of nitrogens with one attached hydrogen (secondary N) is 1. The van der Waals surface area contributed by atoms with E-state index in [0.29, 0.717) is 13.3 Å². The first-order valence-electron chi connectivity index (χ1n) is 8.30. The van der Waals surface area contributed by atoms with Crippen LogP contribution in [0.15, 0.2) is 48.0 Å². The molecule has 0 aliphatic carbocycles. The fourth-order valence-electron chi connectivity index (χ4n) is 3.05. The second-order valence-corrected chi connectivity index (χ2v) is 6.91. The van der Waals surface area contributed by atoms with E-state index in [9.17, 15) is 0 Å². The lowest BCUT2D eigenvalue weighted by molar-refractivity contribution is 0.174. The molecule has 1 N–H and O–H groups in total. The van der Waals surface area contributed by atoms with E-state index in [0.717, 1.165) is 44.9 Å². The molecule has 0 saturated heterocycles. The van der Waals surface area contributed by atoms with Gasteiger partial charge in [0.15, 0.2) is 16.6 Å². The van der Waals surface area contributed by atoms with E-state index in [1.165, 1.54) is 0 Å². The number of anilines is 1. The van der Waals surface area contributed by atoms with Crippen LogP contribution in [0, 0.1) is 6.92 Å². The molecule has 3 aromatic heterocycles. The first kappa shape index (κ1) is 15.2. The van der Waals surface area contributed by atoms with Crippen molar-refractivity contribution in [3.05, 3.63) is 59.2 Å². The number of ether oxygens (including phenoxy) is 2. The highest BCUT2D eigenvalue weighted by atomic mass is 32.1. The van der Waals surface area contributed by atoms with Crippen LogP contribution < -0.4 is 14.8 Å². The molecule has 5 rings (SSSR count). The second kappa shape index (κ2) is 6.03. The van der Waals surface area contributed by atoms with Gasteiger partial charge in [-0.2, -0.15) is 0 Å². The van der Waals surface area contributed by atoms with Gasteiger partial charge < -0.3 is 19.2 Å². The molecule has 0 spiro atoms. The van der Waals surface area contributed by atoms with Crippen molar-refractivity contribution >= 4 is 22.1 Å². The van der Waals surface area contributed by atoms with E-state index in [1.54, 1.807) is 11.3 Å². The summed E-state index contributed by atoms with van der Waals surface area (Å²) in [7, 11) is 0. The van der Waals surface area contributed by atoms with Crippen LogP contribution in [0.5, 0.6) is 11.5 Å². The normalized spacial score (nSPS) is 12.7. The Morgan fingerprint density at radius 3 is 3.00 bits per heavy atom. The van der Waals surface area contributed by atoms with Gasteiger partial charge in [-0.25, -0.2) is 9.97 Å². The Bertz CT molecular complexity index is 1100. The Hall–Kier alpha value is -3.06. The lowest BCUT2D eigenvalue weighted by atomic mass is 10.2. The summed E-state index contributed by atoms with van der Waals surface area (Å²) in [5, 5.41) is 6.28. The monoisotopic (exact) mass is 364 g/mol. The molecule has 0 bridgehead atoms. The summed E-state index contributed by atoms with van der Waals surface area (Å²) in [6, 6.07) is 12.0. The molecule has 6 nitrogen and oxygen atoms in total. The molecule has 0 amide bonds. The Kier molecular flexibility index (Phi) is 3.53. The summed E-state index contributed by atoms with van der Waals surface area (Å²) in [4.78, 5) is 9.40. The van der Waals surface area contributed by atoms with Crippen LogP contribution in [0.1, 0.15) is 11.3 Å². The highest BCUT2D eigenvalue weighted by Crippen LogP contribution is 2.33. The first-order valence-corrected chi connectivity index (χ1v) is 9.18. The van der Waals surface area contributed by atoms with Crippen LogP contribution in [0.3, 0.4) is 0 Å². The molecule has 1 aliphatic heterocycles. The van der Waals surface area contributed by atoms with E-state index in [-0.39, 0.29) is 0 Å². The van der Waals surface area contributed by atoms with Gasteiger partial charge in [-0.3, -0.25) is 0 Å². The molecule has 1 aliphatic rings. The van der Waals surface area contributed by atoms with Crippen molar-refractivity contribution in [3.8, 4) is 22.9 Å². The van der Waals surface area contributed by atoms with Crippen molar-refractivity contribution in [3.63, 3.8) is 0 Å². The van der Waals surface area contributed by atoms with Crippen molar-refractivity contribution in [2.45, 2.75) is 13.5 Å². The minimum absolute atomic E-state index is 0.292. The molecular formula is C19H16N4O2S. The number of hydrogen-bond donors (Lipinski definition) is 1. The van der Waals surface area contributed by atoms with Crippen molar-refractivity contribution in [2.24, 2.45) is 0 Å². The SMILES string of the molecule is Cc1c(-c2csc(NCc3ccc4c(c3)OCO4)n2)nc2ccccn12. The van der Waals surface area contributed by atoms with Crippen LogP contribution >= 0.6 is 11.3 Å². The Balaban J connectivity index is 1.36. The maximum Gasteiger partial charge on any atom is 0.231 e. The molecule has 26 heavy (non-hydrogen) atoms. The lowest BCUT2D eigenvalue weighted by Crippen LogP contribution is -1.99. The van der Waals surface area contributed by atoms with E-state index in [2.05, 4.69) is 16.6 Å². The number of pyridine rings is 1. The quantitative estimate of drug-likeness (QED) is 0.591. The van der Waals surface area contributed by atoms with E-state index >= 15 is 0 Å².